The van der Waals surface area contributed by atoms with Crippen LogP contribution in [0.4, 0.5) is 0 Å². The normalized spacial score (nSPS) is 13.4. The fourth-order valence-electron chi connectivity index (χ4n) is 3.68. The maximum atomic E-state index is 12.3. The van der Waals surface area contributed by atoms with E-state index in [-0.39, 0.29) is 17.8 Å². The van der Waals surface area contributed by atoms with Crippen molar-refractivity contribution < 1.29 is 19.1 Å². The minimum Gasteiger partial charge on any atom is -0.545 e. The predicted molar refractivity (Wildman–Crippen MR) is 99.0 cm³/mol. The van der Waals surface area contributed by atoms with Crippen molar-refractivity contribution in [3.63, 3.8) is 0 Å². The Hall–Kier alpha value is -3.08. The van der Waals surface area contributed by atoms with Gasteiger partial charge >= 0.3 is 5.63 Å². The number of carboxylic acid groups (broad SMARTS) is 1. The van der Waals surface area contributed by atoms with Gasteiger partial charge in [0.15, 0.2) is 0 Å². The van der Waals surface area contributed by atoms with Gasteiger partial charge in [-0.15, -0.1) is 0 Å². The third kappa shape index (κ3) is 3.21. The van der Waals surface area contributed by atoms with Gasteiger partial charge in [0.1, 0.15) is 17.9 Å². The maximum absolute atomic E-state index is 12.3. The number of benzene rings is 2. The first-order chi connectivity index (χ1) is 13.0. The molecule has 0 amide bonds. The van der Waals surface area contributed by atoms with E-state index in [2.05, 4.69) is 0 Å². The maximum Gasteiger partial charge on any atom is 0.339 e. The zero-order valence-corrected chi connectivity index (χ0v) is 15.0. The summed E-state index contributed by atoms with van der Waals surface area (Å²) in [7, 11) is 0. The van der Waals surface area contributed by atoms with Crippen molar-refractivity contribution in [2.75, 3.05) is 0 Å². The Morgan fingerprint density at radius 2 is 1.78 bits per heavy atom. The summed E-state index contributed by atoms with van der Waals surface area (Å²) in [5.41, 5.74) is 4.04. The monoisotopic (exact) mass is 363 g/mol. The summed E-state index contributed by atoms with van der Waals surface area (Å²) in [6.07, 6.45) is 3.81. The fraction of sp³-hybridized carbons (Fsp3) is 0.273. The van der Waals surface area contributed by atoms with Gasteiger partial charge in [-0.1, -0.05) is 24.3 Å². The van der Waals surface area contributed by atoms with E-state index in [0.29, 0.717) is 11.3 Å². The first-order valence-corrected chi connectivity index (χ1v) is 9.06. The van der Waals surface area contributed by atoms with E-state index < -0.39 is 5.97 Å². The molecule has 1 aliphatic rings. The quantitative estimate of drug-likeness (QED) is 0.666. The van der Waals surface area contributed by atoms with Crippen molar-refractivity contribution in [2.24, 2.45) is 0 Å². The van der Waals surface area contributed by atoms with Crippen LogP contribution in [0.5, 0.6) is 5.75 Å². The van der Waals surface area contributed by atoms with Gasteiger partial charge in [-0.05, 0) is 61.4 Å². The number of hydrogen-bond donors (Lipinski definition) is 0. The standard InChI is InChI=1S/C22H20O5/c1-13-19(26-12-14-6-8-15(9-7-14)21(23)24)11-10-17-16-4-2-3-5-18(16)22(25)27-20(13)17/h6-11H,2-5,12H2,1H3,(H,23,24)/p-1. The number of aryl methyl sites for hydroxylation is 2. The zero-order valence-electron chi connectivity index (χ0n) is 15.0. The van der Waals surface area contributed by atoms with Crippen LogP contribution in [-0.2, 0) is 19.4 Å². The van der Waals surface area contributed by atoms with Gasteiger partial charge in [0, 0.05) is 16.5 Å². The molecule has 0 unspecified atom stereocenters. The molecule has 0 fully saturated rings. The summed E-state index contributed by atoms with van der Waals surface area (Å²) >= 11 is 0. The number of fused-ring (bicyclic) bond motifs is 3. The van der Waals surface area contributed by atoms with Crippen LogP contribution >= 0.6 is 0 Å². The summed E-state index contributed by atoms with van der Waals surface area (Å²) < 4.78 is 11.5. The van der Waals surface area contributed by atoms with Crippen LogP contribution in [0.15, 0.2) is 45.6 Å². The molecule has 5 heteroatoms. The molecule has 4 rings (SSSR count). The van der Waals surface area contributed by atoms with Gasteiger partial charge in [-0.3, -0.25) is 0 Å². The molecular weight excluding hydrogens is 344 g/mol. The van der Waals surface area contributed by atoms with E-state index in [9.17, 15) is 14.7 Å². The van der Waals surface area contributed by atoms with E-state index >= 15 is 0 Å². The van der Waals surface area contributed by atoms with Crippen molar-refractivity contribution in [3.05, 3.63) is 74.6 Å². The van der Waals surface area contributed by atoms with Crippen LogP contribution in [0.2, 0.25) is 0 Å². The Bertz CT molecular complexity index is 1080. The summed E-state index contributed by atoms with van der Waals surface area (Å²) in [6.45, 7) is 2.17. The summed E-state index contributed by atoms with van der Waals surface area (Å²) in [5, 5.41) is 11.8. The molecule has 0 radical (unpaired) electrons. The Kier molecular flexibility index (Phi) is 4.44. The lowest BCUT2D eigenvalue weighted by molar-refractivity contribution is -0.255. The number of carbonyl (C=O) groups is 1. The highest BCUT2D eigenvalue weighted by Gasteiger charge is 2.20. The van der Waals surface area contributed by atoms with Crippen LogP contribution in [0.1, 0.15) is 45.5 Å². The van der Waals surface area contributed by atoms with Crippen molar-refractivity contribution in [1.29, 1.82) is 0 Å². The molecule has 0 bridgehead atoms. The van der Waals surface area contributed by atoms with Crippen LogP contribution in [0, 0.1) is 6.92 Å². The second-order valence-electron chi connectivity index (χ2n) is 6.89. The van der Waals surface area contributed by atoms with Crippen LogP contribution in [0.25, 0.3) is 11.0 Å². The minimum absolute atomic E-state index is 0.132. The van der Waals surface area contributed by atoms with Crippen LogP contribution in [-0.4, -0.2) is 5.97 Å². The van der Waals surface area contributed by atoms with E-state index in [1.807, 2.05) is 19.1 Å². The molecule has 1 heterocycles. The molecule has 2 aromatic carbocycles. The van der Waals surface area contributed by atoms with Crippen LogP contribution in [0.3, 0.4) is 0 Å². The zero-order chi connectivity index (χ0) is 19.0. The Balaban J connectivity index is 1.64. The first kappa shape index (κ1) is 17.3. The van der Waals surface area contributed by atoms with E-state index in [1.54, 1.807) is 12.1 Å². The van der Waals surface area contributed by atoms with Gasteiger partial charge in [0.05, 0.1) is 5.97 Å². The third-order valence-electron chi connectivity index (χ3n) is 5.17. The van der Waals surface area contributed by atoms with Gasteiger partial charge in [-0.25, -0.2) is 4.79 Å². The molecule has 0 spiro atoms. The smallest absolute Gasteiger partial charge is 0.339 e. The molecule has 5 nitrogen and oxygen atoms in total. The van der Waals surface area contributed by atoms with Gasteiger partial charge < -0.3 is 19.1 Å². The largest absolute Gasteiger partial charge is 0.545 e. The molecule has 0 saturated heterocycles. The first-order valence-electron chi connectivity index (χ1n) is 9.06. The van der Waals surface area contributed by atoms with Crippen molar-refractivity contribution in [2.45, 2.75) is 39.2 Å². The molecule has 0 atom stereocenters. The van der Waals surface area contributed by atoms with E-state index in [1.165, 1.54) is 12.1 Å². The number of hydrogen-bond acceptors (Lipinski definition) is 5. The molecular formula is C22H19O5-. The highest BCUT2D eigenvalue weighted by molar-refractivity contribution is 5.86. The molecule has 1 aliphatic carbocycles. The molecule has 27 heavy (non-hydrogen) atoms. The number of aromatic carboxylic acids is 1. The highest BCUT2D eigenvalue weighted by Crippen LogP contribution is 2.32. The number of carbonyl (C=O) groups excluding carboxylic acids is 1. The fourth-order valence-corrected chi connectivity index (χ4v) is 3.68. The lowest BCUT2D eigenvalue weighted by Gasteiger charge is -2.18. The topological polar surface area (TPSA) is 79.6 Å². The van der Waals surface area contributed by atoms with Gasteiger partial charge in [0.2, 0.25) is 0 Å². The average Bonchev–Trinajstić information content (AvgIpc) is 2.68. The summed E-state index contributed by atoms with van der Waals surface area (Å²) in [6, 6.07) is 10.2. The van der Waals surface area contributed by atoms with Crippen molar-refractivity contribution in [3.8, 4) is 5.75 Å². The third-order valence-corrected chi connectivity index (χ3v) is 5.17. The molecule has 138 valence electrons. The lowest BCUT2D eigenvalue weighted by atomic mass is 9.90. The molecule has 3 aromatic rings. The Morgan fingerprint density at radius 1 is 1.07 bits per heavy atom. The van der Waals surface area contributed by atoms with Crippen molar-refractivity contribution in [1.82, 2.24) is 0 Å². The second kappa shape index (κ2) is 6.91. The van der Waals surface area contributed by atoms with Gasteiger partial charge in [0.25, 0.3) is 0 Å². The predicted octanol–water partition coefficient (Wildman–Crippen LogP) is 2.92. The average molecular weight is 363 g/mol. The molecule has 0 aliphatic heterocycles. The Morgan fingerprint density at radius 3 is 2.48 bits per heavy atom. The van der Waals surface area contributed by atoms with E-state index in [0.717, 1.165) is 53.3 Å². The summed E-state index contributed by atoms with van der Waals surface area (Å²) in [4.78, 5) is 23.2. The molecule has 0 saturated carbocycles. The number of ether oxygens (including phenoxy) is 1. The molecule has 0 N–H and O–H groups in total. The molecule has 1 aromatic heterocycles. The second-order valence-corrected chi connectivity index (χ2v) is 6.89. The van der Waals surface area contributed by atoms with Gasteiger partial charge in [-0.2, -0.15) is 0 Å². The highest BCUT2D eigenvalue weighted by atomic mass is 16.5. The lowest BCUT2D eigenvalue weighted by Crippen LogP contribution is -2.22. The van der Waals surface area contributed by atoms with E-state index in [4.69, 9.17) is 9.15 Å². The summed E-state index contributed by atoms with van der Waals surface area (Å²) in [5.74, 6) is -0.559. The SMILES string of the molecule is Cc1c(OCc2ccc(C(=O)[O-])cc2)ccc2c3c(c(=O)oc12)CCCC3. The minimum atomic E-state index is -1.20. The van der Waals surface area contributed by atoms with Crippen LogP contribution < -0.4 is 15.5 Å². The van der Waals surface area contributed by atoms with Crippen molar-refractivity contribution >= 4 is 16.9 Å². The number of rotatable bonds is 4. The Labute approximate surface area is 156 Å². The number of carboxylic acids is 1.